The highest BCUT2D eigenvalue weighted by Gasteiger charge is 2.06. The first kappa shape index (κ1) is 21.4. The summed E-state index contributed by atoms with van der Waals surface area (Å²) in [7, 11) is 0. The van der Waals surface area contributed by atoms with E-state index in [2.05, 4.69) is 33.0 Å². The normalized spacial score (nSPS) is 12.6. The molecule has 0 bridgehead atoms. The average molecular weight is 315 g/mol. The molecule has 1 atom stereocenters. The van der Waals surface area contributed by atoms with Crippen molar-refractivity contribution in [1.82, 2.24) is 5.32 Å². The molecule has 4 nitrogen and oxygen atoms in total. The van der Waals surface area contributed by atoms with Gasteiger partial charge >= 0.3 is 0 Å². The first-order valence-electron chi connectivity index (χ1n) is 9.04. The first-order valence-corrected chi connectivity index (χ1v) is 9.04. The maximum Gasteiger partial charge on any atom is 0.222 e. The molecular formula is C18H37NO3. The van der Waals surface area contributed by atoms with Crippen molar-refractivity contribution in [3.8, 4) is 0 Å². The predicted molar refractivity (Wildman–Crippen MR) is 92.1 cm³/mol. The zero-order valence-corrected chi connectivity index (χ0v) is 15.2. The van der Waals surface area contributed by atoms with Crippen LogP contribution in [0.4, 0.5) is 0 Å². The Balaban J connectivity index is 3.23. The van der Waals surface area contributed by atoms with Crippen LogP contribution >= 0.6 is 0 Å². The fraction of sp³-hybridized carbons (Fsp3) is 0.944. The Hall–Kier alpha value is -0.610. The van der Waals surface area contributed by atoms with Gasteiger partial charge < -0.3 is 14.8 Å². The van der Waals surface area contributed by atoms with Gasteiger partial charge in [-0.05, 0) is 32.1 Å². The van der Waals surface area contributed by atoms with Gasteiger partial charge in [0, 0.05) is 26.2 Å². The van der Waals surface area contributed by atoms with E-state index in [0.29, 0.717) is 31.7 Å². The maximum atomic E-state index is 11.5. The Morgan fingerprint density at radius 2 is 1.68 bits per heavy atom. The molecule has 0 saturated heterocycles. The van der Waals surface area contributed by atoms with Crippen LogP contribution in [0.1, 0.15) is 72.6 Å². The van der Waals surface area contributed by atoms with Crippen molar-refractivity contribution in [2.45, 2.75) is 78.7 Å². The van der Waals surface area contributed by atoms with E-state index >= 15 is 0 Å². The number of hydrogen-bond acceptors (Lipinski definition) is 3. The minimum Gasteiger partial charge on any atom is -0.381 e. The number of unbranched alkanes of at least 4 members (excludes halogenated alkanes) is 4. The van der Waals surface area contributed by atoms with Crippen molar-refractivity contribution < 1.29 is 14.3 Å². The summed E-state index contributed by atoms with van der Waals surface area (Å²) in [6, 6.07) is 0. The molecule has 1 amide bonds. The molecule has 22 heavy (non-hydrogen) atoms. The number of ether oxygens (including phenoxy) is 2. The average Bonchev–Trinajstić information content (AvgIpc) is 2.49. The van der Waals surface area contributed by atoms with Gasteiger partial charge in [-0.25, -0.2) is 0 Å². The van der Waals surface area contributed by atoms with Crippen LogP contribution in [0, 0.1) is 5.92 Å². The van der Waals surface area contributed by atoms with Gasteiger partial charge in [-0.15, -0.1) is 0 Å². The number of rotatable bonds is 15. The molecule has 0 fully saturated rings. The van der Waals surface area contributed by atoms with Crippen LogP contribution in [0.5, 0.6) is 0 Å². The Morgan fingerprint density at radius 1 is 0.955 bits per heavy atom. The van der Waals surface area contributed by atoms with E-state index in [4.69, 9.17) is 9.47 Å². The summed E-state index contributed by atoms with van der Waals surface area (Å²) < 4.78 is 11.2. The second kappa shape index (κ2) is 15.3. The van der Waals surface area contributed by atoms with Crippen LogP contribution < -0.4 is 5.32 Å². The van der Waals surface area contributed by atoms with Crippen molar-refractivity contribution in [3.63, 3.8) is 0 Å². The Bertz CT molecular complexity index is 257. The molecule has 0 heterocycles. The molecule has 0 saturated carbocycles. The van der Waals surface area contributed by atoms with Crippen molar-refractivity contribution in [1.29, 1.82) is 0 Å². The minimum atomic E-state index is 0.102. The fourth-order valence-corrected chi connectivity index (χ4v) is 1.90. The van der Waals surface area contributed by atoms with Crippen molar-refractivity contribution in [2.24, 2.45) is 5.92 Å². The third-order valence-corrected chi connectivity index (χ3v) is 3.83. The minimum absolute atomic E-state index is 0.102. The molecule has 0 unspecified atom stereocenters. The highest BCUT2D eigenvalue weighted by atomic mass is 16.5. The summed E-state index contributed by atoms with van der Waals surface area (Å²) in [4.78, 5) is 11.5. The van der Waals surface area contributed by atoms with Crippen molar-refractivity contribution in [3.05, 3.63) is 0 Å². The van der Waals surface area contributed by atoms with Crippen LogP contribution in [-0.2, 0) is 14.3 Å². The molecular weight excluding hydrogens is 278 g/mol. The standard InChI is InChI=1S/C18H37NO3/c1-5-6-7-8-12-19-18(20)11-15-21-13-9-10-14-22-17(4)16(2)3/h16-17H,5-15H2,1-4H3,(H,19,20)/t17-/m0/s1. The zero-order chi connectivity index (χ0) is 16.6. The largest absolute Gasteiger partial charge is 0.381 e. The molecule has 132 valence electrons. The van der Waals surface area contributed by atoms with Crippen LogP contribution in [-0.4, -0.2) is 38.4 Å². The quantitative estimate of drug-likeness (QED) is 0.466. The van der Waals surface area contributed by atoms with Gasteiger partial charge in [0.2, 0.25) is 5.91 Å². The topological polar surface area (TPSA) is 47.6 Å². The van der Waals surface area contributed by atoms with Gasteiger partial charge in [-0.3, -0.25) is 4.79 Å². The summed E-state index contributed by atoms with van der Waals surface area (Å²) in [5.74, 6) is 0.669. The third-order valence-electron chi connectivity index (χ3n) is 3.83. The molecule has 0 aliphatic heterocycles. The Labute approximate surface area is 137 Å². The molecule has 0 aromatic rings. The van der Waals surface area contributed by atoms with Crippen LogP contribution in [0.3, 0.4) is 0 Å². The summed E-state index contributed by atoms with van der Waals surface area (Å²) >= 11 is 0. The van der Waals surface area contributed by atoms with Gasteiger partial charge in [-0.2, -0.15) is 0 Å². The van der Waals surface area contributed by atoms with E-state index in [0.717, 1.165) is 32.4 Å². The number of nitrogens with one attached hydrogen (secondary N) is 1. The summed E-state index contributed by atoms with van der Waals surface area (Å²) in [5, 5.41) is 2.94. The molecule has 0 aromatic carbocycles. The monoisotopic (exact) mass is 315 g/mol. The van der Waals surface area contributed by atoms with E-state index in [1.807, 2.05) is 0 Å². The van der Waals surface area contributed by atoms with Gasteiger partial charge in [0.05, 0.1) is 12.7 Å². The molecule has 0 spiro atoms. The SMILES string of the molecule is CCCCCCNC(=O)CCOCCCCO[C@@H](C)C(C)C. The van der Waals surface area contributed by atoms with Gasteiger partial charge in [0.15, 0.2) is 0 Å². The molecule has 0 aliphatic rings. The van der Waals surface area contributed by atoms with Gasteiger partial charge in [0.25, 0.3) is 0 Å². The Kier molecular flexibility index (Phi) is 14.9. The molecule has 1 N–H and O–H groups in total. The zero-order valence-electron chi connectivity index (χ0n) is 15.2. The smallest absolute Gasteiger partial charge is 0.222 e. The van der Waals surface area contributed by atoms with E-state index in [1.54, 1.807) is 0 Å². The van der Waals surface area contributed by atoms with Crippen LogP contribution in [0.25, 0.3) is 0 Å². The van der Waals surface area contributed by atoms with Crippen molar-refractivity contribution in [2.75, 3.05) is 26.4 Å². The molecule has 0 aromatic heterocycles. The number of amides is 1. The van der Waals surface area contributed by atoms with E-state index < -0.39 is 0 Å². The number of carbonyl (C=O) groups excluding carboxylic acids is 1. The van der Waals surface area contributed by atoms with E-state index in [-0.39, 0.29) is 5.91 Å². The second-order valence-corrected chi connectivity index (χ2v) is 6.30. The lowest BCUT2D eigenvalue weighted by Crippen LogP contribution is -2.25. The maximum absolute atomic E-state index is 11.5. The lowest BCUT2D eigenvalue weighted by Gasteiger charge is -2.16. The lowest BCUT2D eigenvalue weighted by atomic mass is 10.1. The summed E-state index contributed by atoms with van der Waals surface area (Å²) in [6.45, 7) is 11.5. The van der Waals surface area contributed by atoms with Gasteiger partial charge in [-0.1, -0.05) is 40.0 Å². The van der Waals surface area contributed by atoms with E-state index in [9.17, 15) is 4.79 Å². The summed E-state index contributed by atoms with van der Waals surface area (Å²) in [6.07, 6.45) is 7.54. The van der Waals surface area contributed by atoms with Crippen molar-refractivity contribution >= 4 is 5.91 Å². The fourth-order valence-electron chi connectivity index (χ4n) is 1.90. The van der Waals surface area contributed by atoms with Gasteiger partial charge in [0.1, 0.15) is 0 Å². The van der Waals surface area contributed by atoms with Crippen LogP contribution in [0.15, 0.2) is 0 Å². The summed E-state index contributed by atoms with van der Waals surface area (Å²) in [5.41, 5.74) is 0. The molecule has 0 rings (SSSR count). The molecule has 0 radical (unpaired) electrons. The number of carbonyl (C=O) groups is 1. The highest BCUT2D eigenvalue weighted by Crippen LogP contribution is 2.06. The second-order valence-electron chi connectivity index (χ2n) is 6.30. The predicted octanol–water partition coefficient (Wildman–Crippen LogP) is 3.93. The lowest BCUT2D eigenvalue weighted by molar-refractivity contribution is -0.122. The highest BCUT2D eigenvalue weighted by molar-refractivity contribution is 5.75. The van der Waals surface area contributed by atoms with Crippen LogP contribution in [0.2, 0.25) is 0 Å². The third kappa shape index (κ3) is 14.3. The Morgan fingerprint density at radius 3 is 2.36 bits per heavy atom. The number of hydrogen-bond donors (Lipinski definition) is 1. The van der Waals surface area contributed by atoms with E-state index in [1.165, 1.54) is 19.3 Å². The molecule has 4 heteroatoms. The molecule has 0 aliphatic carbocycles. The first-order chi connectivity index (χ1) is 10.6.